The fourth-order valence-electron chi connectivity index (χ4n) is 3.93. The van der Waals surface area contributed by atoms with Crippen LogP contribution in [0, 0.1) is 17.8 Å². The predicted molar refractivity (Wildman–Crippen MR) is 129 cm³/mol. The van der Waals surface area contributed by atoms with Crippen molar-refractivity contribution in [2.45, 2.75) is 19.4 Å². The van der Waals surface area contributed by atoms with Gasteiger partial charge in [0, 0.05) is 61.3 Å². The Morgan fingerprint density at radius 3 is 2.61 bits per heavy atom. The average molecular weight is 442 g/mol. The van der Waals surface area contributed by atoms with E-state index in [2.05, 4.69) is 61.6 Å². The van der Waals surface area contributed by atoms with E-state index in [-0.39, 0.29) is 11.8 Å². The molecule has 3 aromatic rings. The van der Waals surface area contributed by atoms with Crippen molar-refractivity contribution in [1.29, 1.82) is 0 Å². The van der Waals surface area contributed by atoms with E-state index >= 15 is 0 Å². The Hall–Kier alpha value is -3.47. The lowest BCUT2D eigenvalue weighted by molar-refractivity contribution is -0.117. The van der Waals surface area contributed by atoms with Gasteiger partial charge in [0.2, 0.25) is 5.91 Å². The molecule has 5 rings (SSSR count). The number of anilines is 2. The normalized spacial score (nSPS) is 16.2. The summed E-state index contributed by atoms with van der Waals surface area (Å²) in [7, 11) is 1.83. The molecule has 2 aromatic heterocycles. The average Bonchev–Trinajstić information content (AvgIpc) is 3.70. The Morgan fingerprint density at radius 1 is 1.09 bits per heavy atom. The summed E-state index contributed by atoms with van der Waals surface area (Å²) in [4.78, 5) is 23.5. The number of amides is 1. The SMILES string of the molecule is CNc1ncc(C#Cc2ccc(CN3CCOCC3)cc2)c2cc(NC(=O)C3CC3)ncc12. The third-order valence-corrected chi connectivity index (χ3v) is 6.01. The molecule has 1 aliphatic carbocycles. The number of nitrogens with zero attached hydrogens (tertiary/aromatic N) is 3. The van der Waals surface area contributed by atoms with E-state index in [4.69, 9.17) is 4.74 Å². The lowest BCUT2D eigenvalue weighted by atomic mass is 10.1. The summed E-state index contributed by atoms with van der Waals surface area (Å²) in [6.07, 6.45) is 5.41. The number of rotatable bonds is 5. The number of aromatic nitrogens is 2. The summed E-state index contributed by atoms with van der Waals surface area (Å²) in [5, 5.41) is 7.80. The lowest BCUT2D eigenvalue weighted by Gasteiger charge is -2.26. The number of hydrogen-bond donors (Lipinski definition) is 2. The summed E-state index contributed by atoms with van der Waals surface area (Å²) >= 11 is 0. The minimum Gasteiger partial charge on any atom is -0.379 e. The first-order chi connectivity index (χ1) is 16.2. The van der Waals surface area contributed by atoms with Crippen LogP contribution in [0.3, 0.4) is 0 Å². The number of benzene rings is 1. The van der Waals surface area contributed by atoms with E-state index in [1.54, 1.807) is 12.4 Å². The van der Waals surface area contributed by atoms with Crippen LogP contribution in [0.5, 0.6) is 0 Å². The highest BCUT2D eigenvalue weighted by atomic mass is 16.5. The number of carbonyl (C=O) groups excluding carboxylic acids is 1. The molecule has 1 aliphatic heterocycles. The highest BCUT2D eigenvalue weighted by Crippen LogP contribution is 2.31. The zero-order valence-electron chi connectivity index (χ0n) is 18.7. The molecule has 1 saturated heterocycles. The second-order valence-corrected chi connectivity index (χ2v) is 8.48. The van der Waals surface area contributed by atoms with Gasteiger partial charge in [-0.1, -0.05) is 24.0 Å². The maximum absolute atomic E-state index is 12.2. The molecular weight excluding hydrogens is 414 g/mol. The van der Waals surface area contributed by atoms with Gasteiger partial charge in [0.25, 0.3) is 0 Å². The first-order valence-corrected chi connectivity index (χ1v) is 11.4. The topological polar surface area (TPSA) is 79.4 Å². The van der Waals surface area contributed by atoms with Gasteiger partial charge in [-0.25, -0.2) is 9.97 Å². The molecule has 33 heavy (non-hydrogen) atoms. The van der Waals surface area contributed by atoms with Crippen LogP contribution in [0.25, 0.3) is 10.8 Å². The van der Waals surface area contributed by atoms with Crippen LogP contribution >= 0.6 is 0 Å². The van der Waals surface area contributed by atoms with Crippen LogP contribution in [0.1, 0.15) is 29.5 Å². The predicted octanol–water partition coefficient (Wildman–Crippen LogP) is 3.25. The fraction of sp³-hybridized carbons (Fsp3) is 0.346. The number of fused-ring (bicyclic) bond motifs is 1. The molecule has 0 bridgehead atoms. The van der Waals surface area contributed by atoms with Crippen molar-refractivity contribution < 1.29 is 9.53 Å². The van der Waals surface area contributed by atoms with Gasteiger partial charge in [-0.2, -0.15) is 0 Å². The second kappa shape index (κ2) is 9.57. The molecule has 2 aliphatic rings. The molecule has 1 saturated carbocycles. The molecule has 2 N–H and O–H groups in total. The molecule has 0 radical (unpaired) electrons. The number of pyridine rings is 2. The first-order valence-electron chi connectivity index (χ1n) is 11.4. The Morgan fingerprint density at radius 2 is 1.88 bits per heavy atom. The zero-order valence-corrected chi connectivity index (χ0v) is 18.7. The highest BCUT2D eigenvalue weighted by Gasteiger charge is 2.29. The van der Waals surface area contributed by atoms with Crippen molar-refractivity contribution in [3.8, 4) is 11.8 Å². The van der Waals surface area contributed by atoms with Gasteiger partial charge >= 0.3 is 0 Å². The van der Waals surface area contributed by atoms with E-state index in [0.717, 1.165) is 73.4 Å². The third kappa shape index (κ3) is 5.14. The number of hydrogen-bond acceptors (Lipinski definition) is 6. The molecule has 0 unspecified atom stereocenters. The van der Waals surface area contributed by atoms with Gasteiger partial charge in [-0.3, -0.25) is 9.69 Å². The van der Waals surface area contributed by atoms with Gasteiger partial charge in [0.05, 0.1) is 18.8 Å². The quantitative estimate of drug-likeness (QED) is 0.592. The highest BCUT2D eigenvalue weighted by molar-refractivity contribution is 5.99. The Balaban J connectivity index is 1.38. The summed E-state index contributed by atoms with van der Waals surface area (Å²) in [5.74, 6) is 7.96. The van der Waals surface area contributed by atoms with E-state index < -0.39 is 0 Å². The van der Waals surface area contributed by atoms with Crippen molar-refractivity contribution in [2.24, 2.45) is 5.92 Å². The van der Waals surface area contributed by atoms with Crippen LogP contribution in [-0.4, -0.2) is 54.1 Å². The van der Waals surface area contributed by atoms with Gasteiger partial charge in [-0.15, -0.1) is 0 Å². The Labute approximate surface area is 193 Å². The minimum absolute atomic E-state index is 0.0366. The second-order valence-electron chi connectivity index (χ2n) is 8.48. The molecule has 1 aromatic carbocycles. The third-order valence-electron chi connectivity index (χ3n) is 6.01. The molecule has 7 nitrogen and oxygen atoms in total. The summed E-state index contributed by atoms with van der Waals surface area (Å²) < 4.78 is 5.42. The number of carbonyl (C=O) groups is 1. The zero-order chi connectivity index (χ0) is 22.6. The van der Waals surface area contributed by atoms with E-state index in [1.165, 1.54) is 5.56 Å². The van der Waals surface area contributed by atoms with Gasteiger partial charge in [0.15, 0.2) is 0 Å². The van der Waals surface area contributed by atoms with Gasteiger partial charge in [0.1, 0.15) is 11.6 Å². The lowest BCUT2D eigenvalue weighted by Crippen LogP contribution is -2.35. The van der Waals surface area contributed by atoms with Crippen molar-refractivity contribution >= 4 is 28.3 Å². The monoisotopic (exact) mass is 441 g/mol. The molecule has 3 heterocycles. The molecule has 0 atom stereocenters. The molecule has 2 fully saturated rings. The van der Waals surface area contributed by atoms with Crippen LogP contribution in [0.4, 0.5) is 11.6 Å². The molecular formula is C26H27N5O2. The molecule has 1 amide bonds. The molecule has 7 heteroatoms. The van der Waals surface area contributed by atoms with Crippen molar-refractivity contribution in [2.75, 3.05) is 44.0 Å². The standard InChI is InChI=1S/C26H27N5O2/c1-27-25-23-16-28-24(30-26(32)20-8-9-20)14-22(23)21(15-29-25)7-6-18-2-4-19(5-3-18)17-31-10-12-33-13-11-31/h2-5,14-16,20H,8-13,17H2,1H3,(H,27,29)(H,28,30,32). The first kappa shape index (κ1) is 21.4. The smallest absolute Gasteiger partial charge is 0.228 e. The maximum Gasteiger partial charge on any atom is 0.228 e. The maximum atomic E-state index is 12.2. The molecule has 168 valence electrons. The summed E-state index contributed by atoms with van der Waals surface area (Å²) in [6.45, 7) is 4.49. The van der Waals surface area contributed by atoms with E-state index in [0.29, 0.717) is 5.82 Å². The van der Waals surface area contributed by atoms with Crippen molar-refractivity contribution in [1.82, 2.24) is 14.9 Å². The fourth-order valence-corrected chi connectivity index (χ4v) is 3.93. The van der Waals surface area contributed by atoms with Crippen molar-refractivity contribution in [3.63, 3.8) is 0 Å². The molecule has 0 spiro atoms. The van der Waals surface area contributed by atoms with Gasteiger partial charge < -0.3 is 15.4 Å². The van der Waals surface area contributed by atoms with Crippen LogP contribution in [0.15, 0.2) is 42.7 Å². The van der Waals surface area contributed by atoms with Crippen LogP contribution < -0.4 is 10.6 Å². The Kier molecular flexibility index (Phi) is 6.20. The van der Waals surface area contributed by atoms with E-state index in [9.17, 15) is 4.79 Å². The number of morpholine rings is 1. The van der Waals surface area contributed by atoms with Crippen molar-refractivity contribution in [3.05, 3.63) is 59.4 Å². The van der Waals surface area contributed by atoms with Crippen LogP contribution in [0.2, 0.25) is 0 Å². The number of nitrogens with one attached hydrogen (secondary N) is 2. The largest absolute Gasteiger partial charge is 0.379 e. The van der Waals surface area contributed by atoms with Crippen LogP contribution in [-0.2, 0) is 16.1 Å². The number of ether oxygens (including phenoxy) is 1. The summed E-state index contributed by atoms with van der Waals surface area (Å²) in [6, 6.07) is 10.3. The minimum atomic E-state index is 0.0366. The van der Waals surface area contributed by atoms with E-state index in [1.807, 2.05) is 13.1 Å². The Bertz CT molecular complexity index is 1220. The van der Waals surface area contributed by atoms with Gasteiger partial charge in [-0.05, 0) is 36.6 Å². The summed E-state index contributed by atoms with van der Waals surface area (Å²) in [5.41, 5.74) is 3.02.